The molecule has 3 nitrogen and oxygen atoms in total. The Bertz CT molecular complexity index is 233. The molecule has 0 saturated carbocycles. The van der Waals surface area contributed by atoms with Crippen LogP contribution in [0.3, 0.4) is 0 Å². The van der Waals surface area contributed by atoms with Gasteiger partial charge in [0.2, 0.25) is 5.91 Å². The van der Waals surface area contributed by atoms with Crippen molar-refractivity contribution in [2.24, 2.45) is 5.92 Å². The van der Waals surface area contributed by atoms with Crippen molar-refractivity contribution in [3.05, 3.63) is 0 Å². The molecule has 2 aliphatic rings. The lowest BCUT2D eigenvalue weighted by Gasteiger charge is -2.32. The summed E-state index contributed by atoms with van der Waals surface area (Å²) in [7, 11) is 0. The number of amides is 1. The highest BCUT2D eigenvalue weighted by Gasteiger charge is 2.23. The molecule has 2 saturated heterocycles. The van der Waals surface area contributed by atoms with Crippen LogP contribution in [0.25, 0.3) is 0 Å². The van der Waals surface area contributed by atoms with E-state index in [0.717, 1.165) is 31.3 Å². The van der Waals surface area contributed by atoms with E-state index in [0.29, 0.717) is 18.4 Å². The summed E-state index contributed by atoms with van der Waals surface area (Å²) in [6.07, 6.45) is 3.05. The summed E-state index contributed by atoms with van der Waals surface area (Å²) in [5, 5.41) is 3.43. The van der Waals surface area contributed by atoms with Crippen LogP contribution < -0.4 is 5.32 Å². The standard InChI is InChI=1S/C12H22N2OS/c1-10-2-5-14(6-3-10)12(15)8-11-9-16-7-4-13-11/h10-11,13H,2-9H2,1H3. The topological polar surface area (TPSA) is 32.3 Å². The minimum absolute atomic E-state index is 0.354. The zero-order valence-electron chi connectivity index (χ0n) is 10.1. The number of rotatable bonds is 2. The molecule has 0 aliphatic carbocycles. The zero-order chi connectivity index (χ0) is 11.4. The van der Waals surface area contributed by atoms with Crippen LogP contribution in [-0.4, -0.2) is 48.0 Å². The normalized spacial score (nSPS) is 28.1. The van der Waals surface area contributed by atoms with Crippen LogP contribution in [-0.2, 0) is 4.79 Å². The maximum Gasteiger partial charge on any atom is 0.224 e. The Morgan fingerprint density at radius 3 is 2.81 bits per heavy atom. The maximum atomic E-state index is 12.0. The van der Waals surface area contributed by atoms with Gasteiger partial charge in [0, 0.05) is 43.6 Å². The monoisotopic (exact) mass is 242 g/mol. The van der Waals surface area contributed by atoms with E-state index in [1.165, 1.54) is 18.6 Å². The molecule has 0 aromatic heterocycles. The summed E-state index contributed by atoms with van der Waals surface area (Å²) < 4.78 is 0. The summed E-state index contributed by atoms with van der Waals surface area (Å²) in [4.78, 5) is 14.1. The fourth-order valence-electron chi connectivity index (χ4n) is 2.35. The highest BCUT2D eigenvalue weighted by Crippen LogP contribution is 2.18. The largest absolute Gasteiger partial charge is 0.343 e. The third kappa shape index (κ3) is 3.39. The Morgan fingerprint density at radius 2 is 2.19 bits per heavy atom. The van der Waals surface area contributed by atoms with Crippen LogP contribution in [0.2, 0.25) is 0 Å². The third-order valence-corrected chi connectivity index (χ3v) is 4.69. The van der Waals surface area contributed by atoms with Crippen molar-refractivity contribution in [2.75, 3.05) is 31.1 Å². The summed E-state index contributed by atoms with van der Waals surface area (Å²) in [6.45, 7) is 5.28. The van der Waals surface area contributed by atoms with Crippen molar-refractivity contribution in [1.82, 2.24) is 10.2 Å². The average molecular weight is 242 g/mol. The Kier molecular flexibility index (Phi) is 4.53. The molecule has 2 heterocycles. The summed E-state index contributed by atoms with van der Waals surface area (Å²) in [5.41, 5.74) is 0. The second-order valence-electron chi connectivity index (χ2n) is 4.99. The number of hydrogen-bond acceptors (Lipinski definition) is 3. The molecule has 0 bridgehead atoms. The van der Waals surface area contributed by atoms with Crippen molar-refractivity contribution in [2.45, 2.75) is 32.2 Å². The third-order valence-electron chi connectivity index (χ3n) is 3.56. The van der Waals surface area contributed by atoms with E-state index < -0.39 is 0 Å². The Morgan fingerprint density at radius 1 is 1.44 bits per heavy atom. The molecule has 2 fully saturated rings. The molecule has 4 heteroatoms. The predicted octanol–water partition coefficient (Wildman–Crippen LogP) is 1.34. The number of nitrogens with one attached hydrogen (secondary N) is 1. The molecule has 1 atom stereocenters. The fourth-order valence-corrected chi connectivity index (χ4v) is 3.30. The zero-order valence-corrected chi connectivity index (χ0v) is 10.9. The summed E-state index contributed by atoms with van der Waals surface area (Å²) >= 11 is 1.96. The van der Waals surface area contributed by atoms with Crippen molar-refractivity contribution in [3.8, 4) is 0 Å². The van der Waals surface area contributed by atoms with Gasteiger partial charge in [-0.25, -0.2) is 0 Å². The fraction of sp³-hybridized carbons (Fsp3) is 0.917. The first-order valence-electron chi connectivity index (χ1n) is 6.34. The van der Waals surface area contributed by atoms with E-state index in [1.807, 2.05) is 11.8 Å². The quantitative estimate of drug-likeness (QED) is 0.793. The molecule has 16 heavy (non-hydrogen) atoms. The first-order chi connectivity index (χ1) is 7.75. The average Bonchev–Trinajstić information content (AvgIpc) is 2.31. The Labute approximate surface area is 102 Å². The number of likely N-dealkylation sites (tertiary alicyclic amines) is 1. The molecule has 92 valence electrons. The molecule has 2 rings (SSSR count). The molecular weight excluding hydrogens is 220 g/mol. The van der Waals surface area contributed by atoms with E-state index in [4.69, 9.17) is 0 Å². The molecule has 1 amide bonds. The van der Waals surface area contributed by atoms with Crippen molar-refractivity contribution < 1.29 is 4.79 Å². The Hall–Kier alpha value is -0.220. The van der Waals surface area contributed by atoms with Gasteiger partial charge in [-0.3, -0.25) is 4.79 Å². The molecule has 0 spiro atoms. The molecule has 1 N–H and O–H groups in total. The predicted molar refractivity (Wildman–Crippen MR) is 68.7 cm³/mol. The lowest BCUT2D eigenvalue weighted by Crippen LogP contribution is -2.44. The van der Waals surface area contributed by atoms with E-state index in [-0.39, 0.29) is 0 Å². The van der Waals surface area contributed by atoms with Gasteiger partial charge in [-0.15, -0.1) is 0 Å². The van der Waals surface area contributed by atoms with Gasteiger partial charge in [0.25, 0.3) is 0 Å². The Balaban J connectivity index is 1.74. The van der Waals surface area contributed by atoms with Gasteiger partial charge in [-0.2, -0.15) is 11.8 Å². The van der Waals surface area contributed by atoms with Crippen LogP contribution in [0.4, 0.5) is 0 Å². The van der Waals surface area contributed by atoms with Crippen LogP contribution in [0, 0.1) is 5.92 Å². The van der Waals surface area contributed by atoms with E-state index >= 15 is 0 Å². The lowest BCUT2D eigenvalue weighted by atomic mass is 9.99. The number of nitrogens with zero attached hydrogens (tertiary/aromatic N) is 1. The molecular formula is C12H22N2OS. The van der Waals surface area contributed by atoms with Crippen LogP contribution >= 0.6 is 11.8 Å². The van der Waals surface area contributed by atoms with Crippen molar-refractivity contribution >= 4 is 17.7 Å². The van der Waals surface area contributed by atoms with Gasteiger partial charge < -0.3 is 10.2 Å². The molecule has 0 radical (unpaired) electrons. The van der Waals surface area contributed by atoms with Crippen LogP contribution in [0.15, 0.2) is 0 Å². The van der Waals surface area contributed by atoms with Gasteiger partial charge in [-0.05, 0) is 18.8 Å². The highest BCUT2D eigenvalue weighted by molar-refractivity contribution is 7.99. The number of thioether (sulfide) groups is 1. The highest BCUT2D eigenvalue weighted by atomic mass is 32.2. The summed E-state index contributed by atoms with van der Waals surface area (Å²) in [5.74, 6) is 3.43. The maximum absolute atomic E-state index is 12.0. The second-order valence-corrected chi connectivity index (χ2v) is 6.14. The van der Waals surface area contributed by atoms with Crippen LogP contribution in [0.1, 0.15) is 26.2 Å². The molecule has 0 aromatic carbocycles. The van der Waals surface area contributed by atoms with E-state index in [1.54, 1.807) is 0 Å². The van der Waals surface area contributed by atoms with E-state index in [2.05, 4.69) is 17.1 Å². The molecule has 1 unspecified atom stereocenters. The first kappa shape index (κ1) is 12.2. The SMILES string of the molecule is CC1CCN(C(=O)CC2CSCCN2)CC1. The number of piperidine rings is 1. The minimum atomic E-state index is 0.354. The number of carbonyl (C=O) groups is 1. The van der Waals surface area contributed by atoms with Gasteiger partial charge in [-0.1, -0.05) is 6.92 Å². The second kappa shape index (κ2) is 5.92. The first-order valence-corrected chi connectivity index (χ1v) is 7.50. The molecule has 0 aromatic rings. The lowest BCUT2D eigenvalue weighted by molar-refractivity contribution is -0.132. The number of hydrogen-bond donors (Lipinski definition) is 1. The van der Waals surface area contributed by atoms with Crippen molar-refractivity contribution in [1.29, 1.82) is 0 Å². The molecule has 2 aliphatic heterocycles. The number of carbonyl (C=O) groups excluding carboxylic acids is 1. The van der Waals surface area contributed by atoms with Gasteiger partial charge >= 0.3 is 0 Å². The van der Waals surface area contributed by atoms with Gasteiger partial charge in [0.05, 0.1) is 0 Å². The van der Waals surface area contributed by atoms with Gasteiger partial charge in [0.1, 0.15) is 0 Å². The van der Waals surface area contributed by atoms with Gasteiger partial charge in [0.15, 0.2) is 0 Å². The van der Waals surface area contributed by atoms with E-state index in [9.17, 15) is 4.79 Å². The smallest absolute Gasteiger partial charge is 0.224 e. The minimum Gasteiger partial charge on any atom is -0.343 e. The van der Waals surface area contributed by atoms with Crippen LogP contribution in [0.5, 0.6) is 0 Å². The summed E-state index contributed by atoms with van der Waals surface area (Å²) in [6, 6.07) is 0.408. The van der Waals surface area contributed by atoms with Crippen molar-refractivity contribution in [3.63, 3.8) is 0 Å².